The van der Waals surface area contributed by atoms with E-state index >= 15 is 0 Å². The molecule has 0 atom stereocenters. The third kappa shape index (κ3) is 2.64. The van der Waals surface area contributed by atoms with Crippen molar-refractivity contribution in [1.29, 1.82) is 5.26 Å². The largest absolute Gasteiger partial charge is 0.369 e. The van der Waals surface area contributed by atoms with Crippen LogP contribution in [-0.2, 0) is 19.4 Å². The molecule has 1 aliphatic rings. The predicted molar refractivity (Wildman–Crippen MR) is 76.3 cm³/mol. The lowest BCUT2D eigenvalue weighted by Crippen LogP contribution is -2.09. The van der Waals surface area contributed by atoms with Gasteiger partial charge >= 0.3 is 0 Å². The number of rotatable bonds is 4. The molecule has 0 aromatic carbocycles. The summed E-state index contributed by atoms with van der Waals surface area (Å²) < 4.78 is 2.26. The van der Waals surface area contributed by atoms with E-state index in [9.17, 15) is 0 Å². The Balaban J connectivity index is 1.60. The molecule has 0 fully saturated rings. The Morgan fingerprint density at radius 3 is 3.20 bits per heavy atom. The van der Waals surface area contributed by atoms with Gasteiger partial charge in [-0.25, -0.2) is 9.97 Å². The third-order valence-electron chi connectivity index (χ3n) is 3.56. The average molecular weight is 267 g/mol. The molecule has 3 rings (SSSR count). The van der Waals surface area contributed by atoms with Gasteiger partial charge in [0.2, 0.25) is 0 Å². The minimum Gasteiger partial charge on any atom is -0.369 e. The quantitative estimate of drug-likeness (QED) is 0.921. The number of hydrogen-bond acceptors (Lipinski definition) is 4. The number of hydrogen-bond donors (Lipinski definition) is 1. The van der Waals surface area contributed by atoms with Gasteiger partial charge in [-0.15, -0.1) is 0 Å². The summed E-state index contributed by atoms with van der Waals surface area (Å²) in [7, 11) is 0. The Hall–Kier alpha value is -2.35. The van der Waals surface area contributed by atoms with E-state index in [2.05, 4.69) is 32.1 Å². The van der Waals surface area contributed by atoms with Gasteiger partial charge in [-0.05, 0) is 25.0 Å². The molecular weight excluding hydrogens is 250 g/mol. The lowest BCUT2D eigenvalue weighted by Gasteiger charge is -2.11. The van der Waals surface area contributed by atoms with E-state index in [1.165, 1.54) is 18.7 Å². The minimum absolute atomic E-state index is 0.580. The molecule has 0 aliphatic carbocycles. The van der Waals surface area contributed by atoms with Crippen LogP contribution in [0, 0.1) is 11.3 Å². The molecule has 1 N–H and O–H groups in total. The van der Waals surface area contributed by atoms with E-state index in [1.54, 1.807) is 18.3 Å². The highest BCUT2D eigenvalue weighted by molar-refractivity contribution is 5.51. The normalized spacial score (nSPS) is 13.6. The molecule has 2 aromatic heterocycles. The predicted octanol–water partition coefficient (Wildman–Crippen LogP) is 2.14. The maximum Gasteiger partial charge on any atom is 0.143 e. The number of anilines is 1. The molecule has 0 radical (unpaired) electrons. The van der Waals surface area contributed by atoms with Crippen molar-refractivity contribution in [1.82, 2.24) is 14.5 Å². The van der Waals surface area contributed by atoms with Crippen molar-refractivity contribution in [3.8, 4) is 6.07 Å². The molecule has 20 heavy (non-hydrogen) atoms. The number of aromatic nitrogens is 3. The van der Waals surface area contributed by atoms with Gasteiger partial charge in [-0.1, -0.05) is 0 Å². The van der Waals surface area contributed by atoms with Crippen LogP contribution in [0.5, 0.6) is 0 Å². The highest BCUT2D eigenvalue weighted by Gasteiger charge is 2.11. The van der Waals surface area contributed by atoms with Gasteiger partial charge in [0.1, 0.15) is 17.7 Å². The van der Waals surface area contributed by atoms with Crippen LogP contribution >= 0.6 is 0 Å². The van der Waals surface area contributed by atoms with Gasteiger partial charge in [0, 0.05) is 38.3 Å². The second-order valence-corrected chi connectivity index (χ2v) is 4.99. The zero-order valence-electron chi connectivity index (χ0n) is 11.3. The second kappa shape index (κ2) is 5.74. The van der Waals surface area contributed by atoms with Crippen molar-refractivity contribution in [2.75, 3.05) is 11.9 Å². The number of nitrogens with zero attached hydrogens (tertiary/aromatic N) is 4. The van der Waals surface area contributed by atoms with Crippen LogP contribution in [0.4, 0.5) is 5.82 Å². The highest BCUT2D eigenvalue weighted by Crippen LogP contribution is 2.15. The van der Waals surface area contributed by atoms with Crippen LogP contribution in [0.3, 0.4) is 0 Å². The van der Waals surface area contributed by atoms with E-state index in [0.717, 1.165) is 31.6 Å². The second-order valence-electron chi connectivity index (χ2n) is 4.99. The Labute approximate surface area is 118 Å². The van der Waals surface area contributed by atoms with Crippen molar-refractivity contribution in [2.24, 2.45) is 0 Å². The SMILES string of the molecule is N#Cc1cccnc1NCCc1cn2c(n1)CCCC2. The maximum absolute atomic E-state index is 9.00. The van der Waals surface area contributed by atoms with Crippen LogP contribution in [-0.4, -0.2) is 21.1 Å². The number of fused-ring (bicyclic) bond motifs is 1. The number of pyridine rings is 1. The Morgan fingerprint density at radius 1 is 1.40 bits per heavy atom. The maximum atomic E-state index is 9.00. The summed E-state index contributed by atoms with van der Waals surface area (Å²) in [6.45, 7) is 1.83. The lowest BCUT2D eigenvalue weighted by atomic mass is 10.2. The first kappa shape index (κ1) is 12.7. The van der Waals surface area contributed by atoms with Crippen molar-refractivity contribution >= 4 is 5.82 Å². The fraction of sp³-hybridized carbons (Fsp3) is 0.400. The third-order valence-corrected chi connectivity index (χ3v) is 3.56. The highest BCUT2D eigenvalue weighted by atomic mass is 15.1. The zero-order chi connectivity index (χ0) is 13.8. The van der Waals surface area contributed by atoms with E-state index in [0.29, 0.717) is 11.4 Å². The summed E-state index contributed by atoms with van der Waals surface area (Å²) in [4.78, 5) is 8.85. The average Bonchev–Trinajstić information content (AvgIpc) is 2.90. The fourth-order valence-electron chi connectivity index (χ4n) is 2.54. The van der Waals surface area contributed by atoms with Crippen LogP contribution in [0.25, 0.3) is 0 Å². The Kier molecular flexibility index (Phi) is 3.64. The number of nitrogens with one attached hydrogen (secondary N) is 1. The monoisotopic (exact) mass is 267 g/mol. The first-order valence-electron chi connectivity index (χ1n) is 7.01. The van der Waals surface area contributed by atoms with Gasteiger partial charge in [0.15, 0.2) is 0 Å². The molecule has 0 bridgehead atoms. The van der Waals surface area contributed by atoms with E-state index < -0.39 is 0 Å². The van der Waals surface area contributed by atoms with Crippen LogP contribution in [0.15, 0.2) is 24.5 Å². The number of aryl methyl sites for hydroxylation is 2. The number of nitriles is 1. The van der Waals surface area contributed by atoms with Crippen LogP contribution in [0.1, 0.15) is 29.9 Å². The summed E-state index contributed by atoms with van der Waals surface area (Å²) in [5.41, 5.74) is 1.69. The summed E-state index contributed by atoms with van der Waals surface area (Å²) >= 11 is 0. The van der Waals surface area contributed by atoms with Gasteiger partial charge in [-0.2, -0.15) is 5.26 Å². The van der Waals surface area contributed by atoms with E-state index in [1.807, 2.05) is 0 Å². The smallest absolute Gasteiger partial charge is 0.143 e. The van der Waals surface area contributed by atoms with E-state index in [-0.39, 0.29) is 0 Å². The Morgan fingerprint density at radius 2 is 2.35 bits per heavy atom. The molecule has 0 amide bonds. The van der Waals surface area contributed by atoms with Gasteiger partial charge in [0.05, 0.1) is 11.3 Å². The van der Waals surface area contributed by atoms with Crippen LogP contribution < -0.4 is 5.32 Å². The summed E-state index contributed by atoms with van der Waals surface area (Å²) in [6, 6.07) is 5.68. The lowest BCUT2D eigenvalue weighted by molar-refractivity contribution is 0.522. The van der Waals surface area contributed by atoms with Crippen molar-refractivity contribution in [3.05, 3.63) is 41.6 Å². The molecule has 0 spiro atoms. The molecular formula is C15H17N5. The molecule has 0 unspecified atom stereocenters. The zero-order valence-corrected chi connectivity index (χ0v) is 11.3. The first-order chi connectivity index (χ1) is 9.86. The van der Waals surface area contributed by atoms with Crippen LogP contribution in [0.2, 0.25) is 0 Å². The summed E-state index contributed by atoms with van der Waals surface area (Å²) in [6.07, 6.45) is 8.28. The Bertz CT molecular complexity index is 614. The van der Waals surface area contributed by atoms with Gasteiger partial charge in [0.25, 0.3) is 0 Å². The molecule has 1 aliphatic heterocycles. The van der Waals surface area contributed by atoms with Crippen molar-refractivity contribution in [3.63, 3.8) is 0 Å². The molecule has 2 aromatic rings. The standard InChI is InChI=1S/C15H17N5/c16-10-12-4-3-7-17-15(12)18-8-6-13-11-20-9-2-1-5-14(20)19-13/h3-4,7,11H,1-2,5-6,8-9H2,(H,17,18). The number of imidazole rings is 1. The summed E-state index contributed by atoms with van der Waals surface area (Å²) in [5, 5.41) is 12.2. The van der Waals surface area contributed by atoms with Crippen molar-refractivity contribution < 1.29 is 0 Å². The molecule has 5 nitrogen and oxygen atoms in total. The molecule has 5 heteroatoms. The van der Waals surface area contributed by atoms with E-state index in [4.69, 9.17) is 5.26 Å². The molecule has 0 saturated heterocycles. The summed E-state index contributed by atoms with van der Waals surface area (Å²) in [5.74, 6) is 1.86. The molecule has 102 valence electrons. The topological polar surface area (TPSA) is 66.5 Å². The minimum atomic E-state index is 0.580. The molecule has 3 heterocycles. The van der Waals surface area contributed by atoms with Crippen molar-refractivity contribution in [2.45, 2.75) is 32.2 Å². The van der Waals surface area contributed by atoms with Gasteiger partial charge in [-0.3, -0.25) is 0 Å². The van der Waals surface area contributed by atoms with Gasteiger partial charge < -0.3 is 9.88 Å². The molecule has 0 saturated carbocycles. The fourth-order valence-corrected chi connectivity index (χ4v) is 2.54. The first-order valence-corrected chi connectivity index (χ1v) is 7.01.